The molecule has 0 aliphatic carbocycles. The van der Waals surface area contributed by atoms with Crippen LogP contribution in [0.1, 0.15) is 193 Å². The fourth-order valence-corrected chi connectivity index (χ4v) is 6.61. The summed E-state index contributed by atoms with van der Waals surface area (Å²) >= 11 is 0. The molecule has 9 nitrogen and oxygen atoms in total. The van der Waals surface area contributed by atoms with E-state index in [0.717, 1.165) is 69.8 Å². The molecule has 63 heavy (non-hydrogen) atoms. The highest BCUT2D eigenvalue weighted by molar-refractivity contribution is 5.70. The van der Waals surface area contributed by atoms with Crippen LogP contribution >= 0.6 is 0 Å². The van der Waals surface area contributed by atoms with E-state index in [1.807, 2.05) is 31.1 Å². The van der Waals surface area contributed by atoms with Crippen LogP contribution in [0.4, 0.5) is 0 Å². The molecule has 0 atom stereocenters. The third-order valence-electron chi connectivity index (χ3n) is 10.4. The van der Waals surface area contributed by atoms with Crippen molar-refractivity contribution in [2.24, 2.45) is 0 Å². The Labute approximate surface area is 384 Å². The van der Waals surface area contributed by atoms with Gasteiger partial charge in [-0.2, -0.15) is 0 Å². The van der Waals surface area contributed by atoms with Crippen molar-refractivity contribution in [1.29, 1.82) is 0 Å². The number of allylic oxidation sites excluding steroid dienone is 8. The SMILES string of the molecule is CCCCCC=CCC=CCCCCCCCC(=O)OCCCOc1cc(COC(=O)CCN(C)C)cc(OCCCOC(=O)CCCCCCCC=CCC=CCCCCC)c1. The molecule has 0 radical (unpaired) electrons. The van der Waals surface area contributed by atoms with Crippen molar-refractivity contribution in [2.75, 3.05) is 47.1 Å². The van der Waals surface area contributed by atoms with E-state index in [9.17, 15) is 14.4 Å². The van der Waals surface area contributed by atoms with E-state index >= 15 is 0 Å². The molecule has 1 aromatic rings. The summed E-state index contributed by atoms with van der Waals surface area (Å²) < 4.78 is 28.4. The zero-order valence-corrected chi connectivity index (χ0v) is 40.4. The molecule has 0 saturated heterocycles. The molecule has 9 heteroatoms. The first kappa shape index (κ1) is 57.2. The van der Waals surface area contributed by atoms with Crippen molar-refractivity contribution in [3.63, 3.8) is 0 Å². The molecule has 0 fully saturated rings. The lowest BCUT2D eigenvalue weighted by molar-refractivity contribution is -0.145. The normalized spacial score (nSPS) is 11.8. The molecule has 358 valence electrons. The van der Waals surface area contributed by atoms with Gasteiger partial charge in [0, 0.05) is 38.3 Å². The predicted octanol–water partition coefficient (Wildman–Crippen LogP) is 13.9. The fourth-order valence-electron chi connectivity index (χ4n) is 6.61. The molecule has 0 heterocycles. The second-order valence-electron chi connectivity index (χ2n) is 16.8. The summed E-state index contributed by atoms with van der Waals surface area (Å²) in [5.74, 6) is 0.545. The fraction of sp³-hybridized carbons (Fsp3) is 0.685. The molecule has 0 unspecified atom stereocenters. The molecule has 1 aromatic carbocycles. The molecule has 0 aliphatic heterocycles. The van der Waals surface area contributed by atoms with Gasteiger partial charge in [0.1, 0.15) is 18.1 Å². The number of ether oxygens (including phenoxy) is 5. The number of rotatable bonds is 43. The molecule has 0 bridgehead atoms. The van der Waals surface area contributed by atoms with Crippen molar-refractivity contribution in [3.8, 4) is 11.5 Å². The highest BCUT2D eigenvalue weighted by atomic mass is 16.5. The van der Waals surface area contributed by atoms with Gasteiger partial charge in [-0.25, -0.2) is 0 Å². The maximum Gasteiger partial charge on any atom is 0.307 e. The Morgan fingerprint density at radius 2 is 0.841 bits per heavy atom. The Morgan fingerprint density at radius 1 is 0.444 bits per heavy atom. The number of hydrogen-bond donors (Lipinski definition) is 0. The average Bonchev–Trinajstić information content (AvgIpc) is 3.27. The zero-order valence-electron chi connectivity index (χ0n) is 40.4. The smallest absolute Gasteiger partial charge is 0.307 e. The van der Waals surface area contributed by atoms with Crippen LogP contribution in [0.15, 0.2) is 66.8 Å². The molecule has 0 spiro atoms. The predicted molar refractivity (Wildman–Crippen MR) is 260 cm³/mol. The lowest BCUT2D eigenvalue weighted by atomic mass is 10.1. The maximum atomic E-state index is 12.3. The minimum Gasteiger partial charge on any atom is -0.493 e. The summed E-state index contributed by atoms with van der Waals surface area (Å²) in [6, 6.07) is 5.46. The molecule has 0 saturated carbocycles. The van der Waals surface area contributed by atoms with Gasteiger partial charge >= 0.3 is 17.9 Å². The van der Waals surface area contributed by atoms with E-state index in [-0.39, 0.29) is 24.5 Å². The minimum absolute atomic E-state index is 0.0946. The van der Waals surface area contributed by atoms with Crippen LogP contribution in [-0.2, 0) is 35.2 Å². The zero-order chi connectivity index (χ0) is 45.7. The number of esters is 3. The van der Waals surface area contributed by atoms with Crippen LogP contribution in [0.5, 0.6) is 11.5 Å². The molecular weight excluding hydrogens is 791 g/mol. The van der Waals surface area contributed by atoms with Crippen molar-refractivity contribution in [3.05, 3.63) is 72.4 Å². The first-order valence-electron chi connectivity index (χ1n) is 24.9. The average molecular weight is 880 g/mol. The number of unbranched alkanes of at least 4 members (excludes halogenated alkanes) is 16. The Morgan fingerprint density at radius 3 is 1.27 bits per heavy atom. The van der Waals surface area contributed by atoms with Gasteiger partial charge in [0.15, 0.2) is 0 Å². The van der Waals surface area contributed by atoms with E-state index in [4.69, 9.17) is 23.7 Å². The quantitative estimate of drug-likeness (QED) is 0.0275. The van der Waals surface area contributed by atoms with Gasteiger partial charge in [-0.1, -0.05) is 127 Å². The summed E-state index contributed by atoms with van der Waals surface area (Å²) in [5, 5.41) is 0. The van der Waals surface area contributed by atoms with Crippen LogP contribution in [0.25, 0.3) is 0 Å². The Balaban J connectivity index is 2.29. The minimum atomic E-state index is -0.277. The number of hydrogen-bond acceptors (Lipinski definition) is 9. The van der Waals surface area contributed by atoms with E-state index in [1.54, 1.807) is 6.07 Å². The number of carbonyl (C=O) groups excluding carboxylic acids is 3. The summed E-state index contributed by atoms with van der Waals surface area (Å²) in [7, 11) is 3.83. The van der Waals surface area contributed by atoms with Gasteiger partial charge in [0.25, 0.3) is 0 Å². The highest BCUT2D eigenvalue weighted by Gasteiger charge is 2.10. The molecule has 1 rings (SSSR count). The third kappa shape index (κ3) is 39.5. The second kappa shape index (κ2) is 43.4. The van der Waals surface area contributed by atoms with Crippen molar-refractivity contribution in [2.45, 2.75) is 194 Å². The van der Waals surface area contributed by atoms with Gasteiger partial charge in [-0.05, 0) is 109 Å². The van der Waals surface area contributed by atoms with Crippen molar-refractivity contribution in [1.82, 2.24) is 4.90 Å². The second-order valence-corrected chi connectivity index (χ2v) is 16.8. The van der Waals surface area contributed by atoms with E-state index in [1.165, 1.54) is 77.0 Å². The summed E-state index contributed by atoms with van der Waals surface area (Å²) in [6.45, 7) is 6.47. The Bertz CT molecular complexity index is 1300. The topological polar surface area (TPSA) is 101 Å². The number of carbonyl (C=O) groups is 3. The van der Waals surface area contributed by atoms with Crippen LogP contribution in [0.2, 0.25) is 0 Å². The van der Waals surface area contributed by atoms with Gasteiger partial charge in [-0.15, -0.1) is 0 Å². The van der Waals surface area contributed by atoms with Gasteiger partial charge in [0.2, 0.25) is 0 Å². The van der Waals surface area contributed by atoms with Gasteiger partial charge < -0.3 is 28.6 Å². The van der Waals surface area contributed by atoms with Gasteiger partial charge in [-0.3, -0.25) is 14.4 Å². The van der Waals surface area contributed by atoms with Crippen molar-refractivity contribution < 1.29 is 38.1 Å². The van der Waals surface area contributed by atoms with Crippen LogP contribution < -0.4 is 9.47 Å². The summed E-state index contributed by atoms with van der Waals surface area (Å²) in [5.41, 5.74) is 0.744. The Hall–Kier alpha value is -3.85. The maximum absolute atomic E-state index is 12.3. The standard InChI is InChI=1S/C54H89NO8/c1-5-7-9-11-13-15-17-19-21-23-25-27-29-31-33-37-52(56)61-43-35-41-59-50-45-49(48-63-54(58)39-40-55(3)4)46-51(47-50)60-42-36-44-62-53(57)38-34-32-30-28-26-24-22-20-18-16-14-12-10-8-6-2/h13-16,19-22,45-47H,5-12,17-18,23-44,48H2,1-4H3. The third-order valence-corrected chi connectivity index (χ3v) is 10.4. The number of nitrogens with zero attached hydrogens (tertiary/aromatic N) is 1. The highest BCUT2D eigenvalue weighted by Crippen LogP contribution is 2.24. The van der Waals surface area contributed by atoms with Gasteiger partial charge in [0.05, 0.1) is 32.8 Å². The lowest BCUT2D eigenvalue weighted by Gasteiger charge is -2.14. The van der Waals surface area contributed by atoms with Crippen molar-refractivity contribution >= 4 is 17.9 Å². The van der Waals surface area contributed by atoms with E-state index < -0.39 is 0 Å². The first-order valence-corrected chi connectivity index (χ1v) is 24.9. The molecule has 0 aliphatic rings. The monoisotopic (exact) mass is 880 g/mol. The summed E-state index contributed by atoms with van der Waals surface area (Å²) in [4.78, 5) is 38.8. The van der Waals surface area contributed by atoms with E-state index in [0.29, 0.717) is 76.6 Å². The number of benzene rings is 1. The van der Waals surface area contributed by atoms with Crippen LogP contribution in [-0.4, -0.2) is 69.9 Å². The Kier molecular flexibility index (Phi) is 39.4. The largest absolute Gasteiger partial charge is 0.493 e. The molecule has 0 amide bonds. The molecular formula is C54H89NO8. The van der Waals surface area contributed by atoms with Crippen LogP contribution in [0, 0.1) is 0 Å². The molecule has 0 aromatic heterocycles. The lowest BCUT2D eigenvalue weighted by Crippen LogP contribution is -2.18. The van der Waals surface area contributed by atoms with E-state index in [2.05, 4.69) is 62.5 Å². The van der Waals surface area contributed by atoms with Crippen LogP contribution in [0.3, 0.4) is 0 Å². The summed E-state index contributed by atoms with van der Waals surface area (Å²) in [6.07, 6.45) is 45.8. The first-order chi connectivity index (χ1) is 30.8. The molecule has 0 N–H and O–H groups in total.